The van der Waals surface area contributed by atoms with E-state index in [-0.39, 0.29) is 5.82 Å². The second kappa shape index (κ2) is 4.80. The van der Waals surface area contributed by atoms with Crippen LogP contribution in [0.1, 0.15) is 11.9 Å². The van der Waals surface area contributed by atoms with Gasteiger partial charge in [0.15, 0.2) is 0 Å². The minimum atomic E-state index is -0.658. The maximum Gasteiger partial charge on any atom is 0.134 e. The van der Waals surface area contributed by atoms with Gasteiger partial charge in [-0.25, -0.2) is 4.39 Å². The van der Waals surface area contributed by atoms with E-state index in [2.05, 4.69) is 15.9 Å². The van der Waals surface area contributed by atoms with E-state index in [1.807, 2.05) is 0 Å². The predicted molar refractivity (Wildman–Crippen MR) is 62.9 cm³/mol. The van der Waals surface area contributed by atoms with E-state index in [4.69, 9.17) is 4.42 Å². The molecule has 0 spiro atoms. The van der Waals surface area contributed by atoms with Gasteiger partial charge in [0.1, 0.15) is 23.4 Å². The average molecular weight is 285 g/mol. The number of hydrogen-bond acceptors (Lipinski definition) is 2. The Morgan fingerprint density at radius 3 is 2.50 bits per heavy atom. The summed E-state index contributed by atoms with van der Waals surface area (Å²) in [5.74, 6) is 0.835. The molecular weight excluding hydrogens is 275 g/mol. The van der Waals surface area contributed by atoms with Gasteiger partial charge in [0.25, 0.3) is 0 Å². The molecule has 0 saturated carbocycles. The highest BCUT2D eigenvalue weighted by Gasteiger charge is 2.11. The van der Waals surface area contributed by atoms with Gasteiger partial charge < -0.3 is 9.52 Å². The summed E-state index contributed by atoms with van der Waals surface area (Å²) in [5, 5.41) is 9.95. The van der Waals surface area contributed by atoms with Crippen LogP contribution < -0.4 is 0 Å². The van der Waals surface area contributed by atoms with E-state index >= 15 is 0 Å². The fourth-order valence-electron chi connectivity index (χ4n) is 1.38. The van der Waals surface area contributed by atoms with Gasteiger partial charge >= 0.3 is 0 Å². The molecule has 1 aromatic heterocycles. The lowest BCUT2D eigenvalue weighted by Crippen LogP contribution is -1.94. The second-order valence-corrected chi connectivity index (χ2v) is 4.03. The van der Waals surface area contributed by atoms with Crippen LogP contribution in [-0.2, 0) is 0 Å². The largest absolute Gasteiger partial charge is 0.458 e. The molecule has 1 unspecified atom stereocenters. The molecule has 0 bridgehead atoms. The summed E-state index contributed by atoms with van der Waals surface area (Å²) >= 11 is 3.17. The van der Waals surface area contributed by atoms with Gasteiger partial charge in [-0.2, -0.15) is 0 Å². The average Bonchev–Trinajstić information content (AvgIpc) is 2.78. The van der Waals surface area contributed by atoms with Gasteiger partial charge in [-0.05, 0) is 36.4 Å². The molecule has 0 fully saturated rings. The van der Waals surface area contributed by atoms with E-state index < -0.39 is 6.10 Å². The minimum Gasteiger partial charge on any atom is -0.458 e. The van der Waals surface area contributed by atoms with E-state index in [1.54, 1.807) is 24.3 Å². The lowest BCUT2D eigenvalue weighted by molar-refractivity contribution is 0.176. The van der Waals surface area contributed by atoms with Crippen LogP contribution in [0.5, 0.6) is 0 Å². The van der Waals surface area contributed by atoms with Crippen molar-refractivity contribution < 1.29 is 13.9 Å². The molecule has 1 aromatic carbocycles. The number of hydrogen-bond donors (Lipinski definition) is 1. The van der Waals surface area contributed by atoms with Crippen molar-refractivity contribution >= 4 is 15.9 Å². The smallest absolute Gasteiger partial charge is 0.134 e. The maximum atomic E-state index is 12.7. The Balaban J connectivity index is 2.28. The van der Waals surface area contributed by atoms with Crippen molar-refractivity contribution in [1.29, 1.82) is 0 Å². The van der Waals surface area contributed by atoms with Crippen molar-refractivity contribution in [2.75, 3.05) is 5.33 Å². The Kier molecular flexibility index (Phi) is 3.41. The van der Waals surface area contributed by atoms with Crippen LogP contribution >= 0.6 is 15.9 Å². The van der Waals surface area contributed by atoms with Gasteiger partial charge in [0.2, 0.25) is 0 Å². The van der Waals surface area contributed by atoms with Crippen molar-refractivity contribution in [3.8, 4) is 11.3 Å². The molecule has 1 heterocycles. The monoisotopic (exact) mass is 284 g/mol. The molecule has 84 valence electrons. The molecule has 4 heteroatoms. The van der Waals surface area contributed by atoms with Crippen molar-refractivity contribution in [3.05, 3.63) is 48.0 Å². The molecule has 0 aliphatic rings. The fourth-order valence-corrected chi connectivity index (χ4v) is 1.70. The van der Waals surface area contributed by atoms with Crippen molar-refractivity contribution in [2.24, 2.45) is 0 Å². The molecule has 0 aliphatic heterocycles. The first-order chi connectivity index (χ1) is 7.70. The van der Waals surface area contributed by atoms with Gasteiger partial charge in [-0.1, -0.05) is 15.9 Å². The number of halogens is 2. The molecule has 2 aromatic rings. The fraction of sp³-hybridized carbons (Fsp3) is 0.167. The first-order valence-electron chi connectivity index (χ1n) is 4.80. The lowest BCUT2D eigenvalue weighted by atomic mass is 10.2. The third-order valence-electron chi connectivity index (χ3n) is 2.23. The molecular formula is C12H10BrFO2. The number of furan rings is 1. The summed E-state index contributed by atoms with van der Waals surface area (Å²) in [6.45, 7) is 0. The van der Waals surface area contributed by atoms with Crippen molar-refractivity contribution in [3.63, 3.8) is 0 Å². The summed E-state index contributed by atoms with van der Waals surface area (Å²) in [6.07, 6.45) is -0.658. The standard InChI is InChI=1S/C12H10BrFO2/c13-7-10(15)12-6-5-11(16-12)8-1-3-9(14)4-2-8/h1-6,10,15H,7H2. The number of rotatable bonds is 3. The molecule has 2 rings (SSSR count). The Labute approximate surface area is 101 Å². The predicted octanol–water partition coefficient (Wildman–Crippen LogP) is 3.51. The number of benzene rings is 1. The Morgan fingerprint density at radius 2 is 1.88 bits per heavy atom. The van der Waals surface area contributed by atoms with Crippen molar-refractivity contribution in [1.82, 2.24) is 0 Å². The zero-order chi connectivity index (χ0) is 11.5. The topological polar surface area (TPSA) is 33.4 Å². The summed E-state index contributed by atoms with van der Waals surface area (Å²) in [4.78, 5) is 0. The zero-order valence-electron chi connectivity index (χ0n) is 8.36. The normalized spacial score (nSPS) is 12.7. The van der Waals surface area contributed by atoms with Gasteiger partial charge in [0.05, 0.1) is 0 Å². The minimum absolute atomic E-state index is 0.281. The molecule has 0 aliphatic carbocycles. The van der Waals surface area contributed by atoms with Crippen LogP contribution in [0.15, 0.2) is 40.8 Å². The van der Waals surface area contributed by atoms with Crippen LogP contribution in [0.3, 0.4) is 0 Å². The highest BCUT2D eigenvalue weighted by Crippen LogP contribution is 2.26. The maximum absolute atomic E-state index is 12.7. The summed E-state index contributed by atoms with van der Waals surface area (Å²) < 4.78 is 18.2. The molecule has 0 saturated heterocycles. The zero-order valence-corrected chi connectivity index (χ0v) is 9.95. The second-order valence-electron chi connectivity index (χ2n) is 3.38. The van der Waals surface area contributed by atoms with E-state index in [0.29, 0.717) is 16.9 Å². The summed E-state index contributed by atoms with van der Waals surface area (Å²) in [5.41, 5.74) is 0.787. The first-order valence-corrected chi connectivity index (χ1v) is 5.92. The van der Waals surface area contributed by atoms with Crippen LogP contribution in [0.4, 0.5) is 4.39 Å². The van der Waals surface area contributed by atoms with E-state index in [0.717, 1.165) is 5.56 Å². The molecule has 0 radical (unpaired) electrons. The van der Waals surface area contributed by atoms with Gasteiger partial charge in [-0.15, -0.1) is 0 Å². The highest BCUT2D eigenvalue weighted by molar-refractivity contribution is 9.09. The third kappa shape index (κ3) is 2.33. The molecule has 16 heavy (non-hydrogen) atoms. The van der Waals surface area contributed by atoms with Crippen LogP contribution in [0.25, 0.3) is 11.3 Å². The van der Waals surface area contributed by atoms with Crippen LogP contribution in [0, 0.1) is 5.82 Å². The molecule has 1 N–H and O–H groups in total. The van der Waals surface area contributed by atoms with Crippen molar-refractivity contribution in [2.45, 2.75) is 6.10 Å². The van der Waals surface area contributed by atoms with Crippen LogP contribution in [-0.4, -0.2) is 10.4 Å². The molecule has 2 nitrogen and oxygen atoms in total. The third-order valence-corrected chi connectivity index (χ3v) is 2.84. The number of aliphatic hydroxyl groups excluding tert-OH is 1. The molecule has 1 atom stereocenters. The Bertz CT molecular complexity index is 464. The van der Waals surface area contributed by atoms with E-state index in [1.165, 1.54) is 12.1 Å². The van der Waals surface area contributed by atoms with E-state index in [9.17, 15) is 9.50 Å². The SMILES string of the molecule is OC(CBr)c1ccc(-c2ccc(F)cc2)o1. The van der Waals surface area contributed by atoms with Gasteiger partial charge in [-0.3, -0.25) is 0 Å². The van der Waals surface area contributed by atoms with Gasteiger partial charge in [0, 0.05) is 10.9 Å². The Hall–Kier alpha value is -1.13. The lowest BCUT2D eigenvalue weighted by Gasteiger charge is -2.02. The first kappa shape index (κ1) is 11.4. The van der Waals surface area contributed by atoms with Crippen LogP contribution in [0.2, 0.25) is 0 Å². The summed E-state index contributed by atoms with van der Waals surface area (Å²) in [6, 6.07) is 9.49. The quantitative estimate of drug-likeness (QED) is 0.875. The summed E-state index contributed by atoms with van der Waals surface area (Å²) in [7, 11) is 0. The molecule has 0 amide bonds. The number of aliphatic hydroxyl groups is 1. The number of alkyl halides is 1. The Morgan fingerprint density at radius 1 is 1.19 bits per heavy atom. The highest BCUT2D eigenvalue weighted by atomic mass is 79.9.